The molecule has 0 saturated carbocycles. The van der Waals surface area contributed by atoms with E-state index in [0.29, 0.717) is 17.5 Å². The van der Waals surface area contributed by atoms with Crippen molar-refractivity contribution in [2.45, 2.75) is 38.3 Å². The van der Waals surface area contributed by atoms with E-state index in [1.54, 1.807) is 0 Å². The van der Waals surface area contributed by atoms with Crippen molar-refractivity contribution < 1.29 is 4.79 Å². The van der Waals surface area contributed by atoms with Crippen LogP contribution in [-0.4, -0.2) is 18.5 Å². The zero-order chi connectivity index (χ0) is 13.0. The minimum absolute atomic E-state index is 0.0485. The van der Waals surface area contributed by atoms with E-state index >= 15 is 0 Å². The Morgan fingerprint density at radius 3 is 3.00 bits per heavy atom. The molecule has 2 N–H and O–H groups in total. The Bertz CT molecular complexity index is 416. The number of nitrogens with one attached hydrogen (secondary N) is 2. The van der Waals surface area contributed by atoms with Gasteiger partial charge in [0, 0.05) is 17.5 Å². The van der Waals surface area contributed by atoms with Gasteiger partial charge < -0.3 is 10.6 Å². The van der Waals surface area contributed by atoms with Gasteiger partial charge >= 0.3 is 0 Å². The monoisotopic (exact) mass is 266 g/mol. The van der Waals surface area contributed by atoms with Gasteiger partial charge in [0.1, 0.15) is 0 Å². The second-order valence-electron chi connectivity index (χ2n) is 4.81. The molecule has 4 heteroatoms. The molecular formula is C14H19ClN2O. The van der Waals surface area contributed by atoms with Crippen LogP contribution in [0.15, 0.2) is 24.3 Å². The fourth-order valence-corrected chi connectivity index (χ4v) is 2.66. The molecule has 1 aliphatic rings. The van der Waals surface area contributed by atoms with Crippen LogP contribution in [0.5, 0.6) is 0 Å². The SMILES string of the molecule is C[C@H](NC(=O)CC1CCCN1)c1ccccc1Cl. The standard InChI is InChI=1S/C14H19ClN2O/c1-10(12-6-2-3-7-13(12)15)17-14(18)9-11-5-4-8-16-11/h2-3,6-7,10-11,16H,4-5,8-9H2,1H3,(H,17,18)/t10-,11?/m0/s1. The molecule has 1 fully saturated rings. The van der Waals surface area contributed by atoms with Crippen molar-refractivity contribution in [1.29, 1.82) is 0 Å². The van der Waals surface area contributed by atoms with Gasteiger partial charge in [0.2, 0.25) is 5.91 Å². The zero-order valence-electron chi connectivity index (χ0n) is 10.6. The number of carbonyl (C=O) groups is 1. The van der Waals surface area contributed by atoms with E-state index in [-0.39, 0.29) is 11.9 Å². The van der Waals surface area contributed by atoms with Crippen LogP contribution in [0.1, 0.15) is 37.8 Å². The van der Waals surface area contributed by atoms with Gasteiger partial charge in [0.05, 0.1) is 6.04 Å². The van der Waals surface area contributed by atoms with Crippen molar-refractivity contribution in [3.63, 3.8) is 0 Å². The van der Waals surface area contributed by atoms with Gasteiger partial charge in [-0.1, -0.05) is 29.8 Å². The van der Waals surface area contributed by atoms with Crippen LogP contribution in [0.3, 0.4) is 0 Å². The Morgan fingerprint density at radius 1 is 1.56 bits per heavy atom. The lowest BCUT2D eigenvalue weighted by molar-refractivity contribution is -0.122. The summed E-state index contributed by atoms with van der Waals surface area (Å²) >= 11 is 6.11. The van der Waals surface area contributed by atoms with Crippen molar-refractivity contribution in [3.8, 4) is 0 Å². The molecule has 2 atom stereocenters. The average molecular weight is 267 g/mol. The summed E-state index contributed by atoms with van der Waals surface area (Å²) in [4.78, 5) is 11.9. The third-order valence-corrected chi connectivity index (χ3v) is 3.69. The fraction of sp³-hybridized carbons (Fsp3) is 0.500. The largest absolute Gasteiger partial charge is 0.349 e. The molecular weight excluding hydrogens is 248 g/mol. The highest BCUT2D eigenvalue weighted by molar-refractivity contribution is 6.31. The fourth-order valence-electron chi connectivity index (χ4n) is 2.36. The Hall–Kier alpha value is -1.06. The van der Waals surface area contributed by atoms with E-state index in [1.165, 1.54) is 0 Å². The molecule has 0 bridgehead atoms. The van der Waals surface area contributed by atoms with Crippen LogP contribution in [0.25, 0.3) is 0 Å². The summed E-state index contributed by atoms with van der Waals surface area (Å²) in [5.74, 6) is 0.0850. The number of amides is 1. The van der Waals surface area contributed by atoms with E-state index in [9.17, 15) is 4.79 Å². The van der Waals surface area contributed by atoms with Crippen molar-refractivity contribution in [1.82, 2.24) is 10.6 Å². The molecule has 1 aromatic rings. The number of hydrogen-bond acceptors (Lipinski definition) is 2. The molecule has 1 heterocycles. The minimum atomic E-state index is -0.0485. The van der Waals surface area contributed by atoms with Gasteiger partial charge in [-0.2, -0.15) is 0 Å². The van der Waals surface area contributed by atoms with Gasteiger partial charge in [-0.15, -0.1) is 0 Å². The summed E-state index contributed by atoms with van der Waals surface area (Å²) in [6.07, 6.45) is 2.81. The highest BCUT2D eigenvalue weighted by Gasteiger charge is 2.19. The van der Waals surface area contributed by atoms with Gasteiger partial charge in [0.25, 0.3) is 0 Å². The van der Waals surface area contributed by atoms with Crippen molar-refractivity contribution in [2.24, 2.45) is 0 Å². The Morgan fingerprint density at radius 2 is 2.33 bits per heavy atom. The number of halogens is 1. The zero-order valence-corrected chi connectivity index (χ0v) is 11.3. The first-order valence-corrected chi connectivity index (χ1v) is 6.82. The first-order valence-electron chi connectivity index (χ1n) is 6.44. The molecule has 18 heavy (non-hydrogen) atoms. The van der Waals surface area contributed by atoms with Gasteiger partial charge in [-0.25, -0.2) is 0 Å². The van der Waals surface area contributed by atoms with E-state index in [1.807, 2.05) is 31.2 Å². The second-order valence-corrected chi connectivity index (χ2v) is 5.22. The van der Waals surface area contributed by atoms with Gasteiger partial charge in [-0.3, -0.25) is 4.79 Å². The van der Waals surface area contributed by atoms with Crippen LogP contribution >= 0.6 is 11.6 Å². The molecule has 98 valence electrons. The van der Waals surface area contributed by atoms with Crippen molar-refractivity contribution in [2.75, 3.05) is 6.54 Å². The molecule has 1 saturated heterocycles. The molecule has 1 aliphatic heterocycles. The van der Waals surface area contributed by atoms with E-state index in [0.717, 1.165) is 24.9 Å². The van der Waals surface area contributed by atoms with Crippen LogP contribution in [-0.2, 0) is 4.79 Å². The van der Waals surface area contributed by atoms with Crippen LogP contribution in [0.2, 0.25) is 5.02 Å². The highest BCUT2D eigenvalue weighted by Crippen LogP contribution is 2.22. The normalized spacial score (nSPS) is 20.7. The quantitative estimate of drug-likeness (QED) is 0.880. The molecule has 2 rings (SSSR count). The topological polar surface area (TPSA) is 41.1 Å². The number of rotatable bonds is 4. The lowest BCUT2D eigenvalue weighted by Gasteiger charge is -2.17. The summed E-state index contributed by atoms with van der Waals surface area (Å²) in [5, 5.41) is 7.02. The van der Waals surface area contributed by atoms with Crippen LogP contribution < -0.4 is 10.6 Å². The molecule has 1 unspecified atom stereocenters. The summed E-state index contributed by atoms with van der Waals surface area (Å²) in [7, 11) is 0. The maximum Gasteiger partial charge on any atom is 0.222 e. The lowest BCUT2D eigenvalue weighted by Crippen LogP contribution is -2.33. The summed E-state index contributed by atoms with van der Waals surface area (Å²) in [5.41, 5.74) is 0.965. The summed E-state index contributed by atoms with van der Waals surface area (Å²) in [6.45, 7) is 2.99. The number of hydrogen-bond donors (Lipinski definition) is 2. The van der Waals surface area contributed by atoms with Gasteiger partial charge in [-0.05, 0) is 37.9 Å². The number of benzene rings is 1. The Labute approximate surface area is 113 Å². The molecule has 0 aliphatic carbocycles. The molecule has 1 amide bonds. The Kier molecular flexibility index (Phi) is 4.61. The molecule has 3 nitrogen and oxygen atoms in total. The summed E-state index contributed by atoms with van der Waals surface area (Å²) < 4.78 is 0. The second kappa shape index (κ2) is 6.21. The smallest absolute Gasteiger partial charge is 0.222 e. The molecule has 0 spiro atoms. The first-order chi connectivity index (χ1) is 8.66. The maximum atomic E-state index is 11.9. The van der Waals surface area contributed by atoms with E-state index in [4.69, 9.17) is 11.6 Å². The average Bonchev–Trinajstić information content (AvgIpc) is 2.82. The van der Waals surface area contributed by atoms with Crippen LogP contribution in [0.4, 0.5) is 0 Å². The predicted octanol–water partition coefficient (Wildman–Crippen LogP) is 2.66. The predicted molar refractivity (Wildman–Crippen MR) is 73.7 cm³/mol. The third kappa shape index (κ3) is 3.47. The lowest BCUT2D eigenvalue weighted by atomic mass is 10.1. The minimum Gasteiger partial charge on any atom is -0.349 e. The molecule has 0 aromatic heterocycles. The van der Waals surface area contributed by atoms with Crippen LogP contribution in [0, 0.1) is 0 Å². The Balaban J connectivity index is 1.88. The first kappa shape index (κ1) is 13.4. The molecule has 0 radical (unpaired) electrons. The maximum absolute atomic E-state index is 11.9. The molecule has 1 aromatic carbocycles. The van der Waals surface area contributed by atoms with E-state index < -0.39 is 0 Å². The van der Waals surface area contributed by atoms with Crippen molar-refractivity contribution in [3.05, 3.63) is 34.9 Å². The number of carbonyl (C=O) groups excluding carboxylic acids is 1. The third-order valence-electron chi connectivity index (χ3n) is 3.34. The van der Waals surface area contributed by atoms with E-state index in [2.05, 4.69) is 10.6 Å². The van der Waals surface area contributed by atoms with Gasteiger partial charge in [0.15, 0.2) is 0 Å². The van der Waals surface area contributed by atoms with Crippen molar-refractivity contribution >= 4 is 17.5 Å². The summed E-state index contributed by atoms with van der Waals surface area (Å²) in [6, 6.07) is 7.90. The highest BCUT2D eigenvalue weighted by atomic mass is 35.5.